The van der Waals surface area contributed by atoms with E-state index in [-0.39, 0.29) is 0 Å². The number of esters is 1. The molecule has 0 amide bonds. The number of aliphatic hydroxyl groups is 3. The topological polar surface area (TPSA) is 113 Å². The Morgan fingerprint density at radius 3 is 2.57 bits per heavy atom. The fourth-order valence-electron chi connectivity index (χ4n) is 1.14. The van der Waals surface area contributed by atoms with Crippen LogP contribution in [0.15, 0.2) is 0 Å². The first-order chi connectivity index (χ1) is 6.61. The minimum atomic E-state index is -1.40. The molecule has 3 N–H and O–H groups in total. The van der Waals surface area contributed by atoms with Crippen molar-refractivity contribution in [1.29, 1.82) is 0 Å². The van der Waals surface area contributed by atoms with Crippen LogP contribution in [0.25, 0.3) is 0 Å². The number of rotatable bonds is 4. The van der Waals surface area contributed by atoms with E-state index < -0.39 is 43.5 Å². The van der Waals surface area contributed by atoms with E-state index in [4.69, 9.17) is 15.3 Å². The molecule has 0 saturated carbocycles. The van der Waals surface area contributed by atoms with Crippen molar-refractivity contribution in [3.05, 3.63) is 0 Å². The Labute approximate surface area is 78.9 Å². The van der Waals surface area contributed by atoms with Crippen molar-refractivity contribution in [2.24, 2.45) is 0 Å². The summed E-state index contributed by atoms with van der Waals surface area (Å²) in [6.07, 6.45) is -4.01. The molecular formula is C7H10O7. The standard InChI is InChI=1S/C7H10O7/c8-1-3(10)5-6(13-2-9)4(11)7(12)14-5/h3,5-6,8-10H,1-2H2/t3-,5+,6?/m0/s1. The third-order valence-corrected chi connectivity index (χ3v) is 1.82. The summed E-state index contributed by atoms with van der Waals surface area (Å²) in [6, 6.07) is 0. The molecule has 0 bridgehead atoms. The van der Waals surface area contributed by atoms with E-state index in [2.05, 4.69) is 9.47 Å². The van der Waals surface area contributed by atoms with Crippen LogP contribution >= 0.6 is 0 Å². The molecule has 1 aliphatic rings. The van der Waals surface area contributed by atoms with Crippen molar-refractivity contribution >= 4 is 11.8 Å². The Kier molecular flexibility index (Phi) is 3.53. The zero-order chi connectivity index (χ0) is 10.7. The normalized spacial score (nSPS) is 29.1. The molecule has 1 heterocycles. The van der Waals surface area contributed by atoms with Gasteiger partial charge in [-0.15, -0.1) is 0 Å². The number of hydrogen-bond donors (Lipinski definition) is 3. The molecule has 0 radical (unpaired) electrons. The highest BCUT2D eigenvalue weighted by Crippen LogP contribution is 2.18. The second kappa shape index (κ2) is 4.47. The lowest BCUT2D eigenvalue weighted by Gasteiger charge is -2.19. The summed E-state index contributed by atoms with van der Waals surface area (Å²) >= 11 is 0. The number of cyclic esters (lactones) is 1. The number of hydrogen-bond acceptors (Lipinski definition) is 7. The number of ketones is 1. The predicted octanol–water partition coefficient (Wildman–Crippen LogP) is -2.83. The van der Waals surface area contributed by atoms with Crippen molar-refractivity contribution in [3.8, 4) is 0 Å². The molecule has 0 aromatic rings. The molecule has 0 aliphatic carbocycles. The molecule has 14 heavy (non-hydrogen) atoms. The monoisotopic (exact) mass is 206 g/mol. The van der Waals surface area contributed by atoms with Crippen molar-refractivity contribution in [2.45, 2.75) is 18.3 Å². The van der Waals surface area contributed by atoms with Crippen LogP contribution in [-0.2, 0) is 19.1 Å². The first kappa shape index (κ1) is 11.1. The highest BCUT2D eigenvalue weighted by molar-refractivity contribution is 6.37. The van der Waals surface area contributed by atoms with Crippen LogP contribution in [0.3, 0.4) is 0 Å². The first-order valence-corrected chi connectivity index (χ1v) is 3.88. The maximum Gasteiger partial charge on any atom is 0.378 e. The molecule has 0 spiro atoms. The molecule has 80 valence electrons. The lowest BCUT2D eigenvalue weighted by Crippen LogP contribution is -2.41. The number of aliphatic hydroxyl groups excluding tert-OH is 3. The predicted molar refractivity (Wildman–Crippen MR) is 39.9 cm³/mol. The minimum Gasteiger partial charge on any atom is -0.450 e. The molecule has 3 atom stereocenters. The van der Waals surface area contributed by atoms with Crippen molar-refractivity contribution in [2.75, 3.05) is 13.4 Å². The van der Waals surface area contributed by atoms with Crippen LogP contribution in [0.5, 0.6) is 0 Å². The summed E-state index contributed by atoms with van der Waals surface area (Å²) in [7, 11) is 0. The van der Waals surface area contributed by atoms with Crippen LogP contribution < -0.4 is 0 Å². The van der Waals surface area contributed by atoms with Crippen molar-refractivity contribution in [3.63, 3.8) is 0 Å². The summed E-state index contributed by atoms with van der Waals surface area (Å²) in [6.45, 7) is -1.45. The van der Waals surface area contributed by atoms with Crippen molar-refractivity contribution < 1.29 is 34.4 Å². The van der Waals surface area contributed by atoms with Gasteiger partial charge in [0.2, 0.25) is 0 Å². The summed E-state index contributed by atoms with van der Waals surface area (Å²) in [5.41, 5.74) is 0. The molecule has 0 aromatic carbocycles. The highest BCUT2D eigenvalue weighted by atomic mass is 16.6. The fourth-order valence-corrected chi connectivity index (χ4v) is 1.14. The molecule has 1 unspecified atom stereocenters. The van der Waals surface area contributed by atoms with Gasteiger partial charge < -0.3 is 24.8 Å². The molecule has 0 aromatic heterocycles. The van der Waals surface area contributed by atoms with E-state index in [1.54, 1.807) is 0 Å². The second-order valence-electron chi connectivity index (χ2n) is 2.70. The van der Waals surface area contributed by atoms with Crippen LogP contribution in [-0.4, -0.2) is 58.8 Å². The van der Waals surface area contributed by atoms with Gasteiger partial charge in [0, 0.05) is 0 Å². The highest BCUT2D eigenvalue weighted by Gasteiger charge is 2.47. The summed E-state index contributed by atoms with van der Waals surface area (Å²) < 4.78 is 8.97. The maximum absolute atomic E-state index is 11.0. The SMILES string of the molecule is O=C1O[C@H]([C@@H](O)CO)C(OCO)C1=O. The average Bonchev–Trinajstić information content (AvgIpc) is 2.45. The number of carbonyl (C=O) groups excluding carboxylic acids is 2. The fraction of sp³-hybridized carbons (Fsp3) is 0.714. The minimum absolute atomic E-state index is 0.670. The van der Waals surface area contributed by atoms with Crippen LogP contribution in [0.1, 0.15) is 0 Å². The second-order valence-corrected chi connectivity index (χ2v) is 2.70. The van der Waals surface area contributed by atoms with E-state index in [1.807, 2.05) is 0 Å². The largest absolute Gasteiger partial charge is 0.450 e. The zero-order valence-corrected chi connectivity index (χ0v) is 7.12. The molecule has 1 aliphatic heterocycles. The van der Waals surface area contributed by atoms with Crippen molar-refractivity contribution in [1.82, 2.24) is 0 Å². The van der Waals surface area contributed by atoms with Gasteiger partial charge in [-0.25, -0.2) is 4.79 Å². The van der Waals surface area contributed by atoms with Gasteiger partial charge in [-0.2, -0.15) is 0 Å². The van der Waals surface area contributed by atoms with Crippen LogP contribution in [0, 0.1) is 0 Å². The van der Waals surface area contributed by atoms with E-state index in [0.717, 1.165) is 0 Å². The Morgan fingerprint density at radius 1 is 1.43 bits per heavy atom. The van der Waals surface area contributed by atoms with Crippen LogP contribution in [0.4, 0.5) is 0 Å². The quantitative estimate of drug-likeness (QED) is 0.258. The van der Waals surface area contributed by atoms with Gasteiger partial charge in [-0.05, 0) is 0 Å². The Morgan fingerprint density at radius 2 is 2.07 bits per heavy atom. The average molecular weight is 206 g/mol. The van der Waals surface area contributed by atoms with Gasteiger partial charge >= 0.3 is 5.97 Å². The Bertz CT molecular complexity index is 238. The molecule has 1 fully saturated rings. The van der Waals surface area contributed by atoms with Gasteiger partial charge in [0.25, 0.3) is 5.78 Å². The smallest absolute Gasteiger partial charge is 0.378 e. The molecule has 1 saturated heterocycles. The summed E-state index contributed by atoms with van der Waals surface area (Å²) in [5, 5.41) is 26.1. The van der Waals surface area contributed by atoms with Crippen LogP contribution in [0.2, 0.25) is 0 Å². The van der Waals surface area contributed by atoms with E-state index >= 15 is 0 Å². The van der Waals surface area contributed by atoms with E-state index in [1.165, 1.54) is 0 Å². The third kappa shape index (κ3) is 1.90. The maximum atomic E-state index is 11.0. The van der Waals surface area contributed by atoms with Gasteiger partial charge in [0.05, 0.1) is 6.61 Å². The summed E-state index contributed by atoms with van der Waals surface area (Å²) in [4.78, 5) is 21.8. The molecular weight excluding hydrogens is 196 g/mol. The van der Waals surface area contributed by atoms with Gasteiger partial charge in [-0.3, -0.25) is 4.79 Å². The Hall–Kier alpha value is -1.02. The molecule has 7 heteroatoms. The third-order valence-electron chi connectivity index (χ3n) is 1.82. The lowest BCUT2D eigenvalue weighted by molar-refractivity contribution is -0.152. The van der Waals surface area contributed by atoms with Gasteiger partial charge in [0.15, 0.2) is 12.2 Å². The number of ether oxygens (including phenoxy) is 2. The summed E-state index contributed by atoms with van der Waals surface area (Å²) in [5.74, 6) is -2.11. The van der Waals surface area contributed by atoms with E-state index in [9.17, 15) is 9.59 Å². The lowest BCUT2D eigenvalue weighted by atomic mass is 10.1. The van der Waals surface area contributed by atoms with Gasteiger partial charge in [-0.1, -0.05) is 0 Å². The molecule has 7 nitrogen and oxygen atoms in total. The first-order valence-electron chi connectivity index (χ1n) is 3.88. The number of carbonyl (C=O) groups is 2. The zero-order valence-electron chi connectivity index (χ0n) is 7.12. The Balaban J connectivity index is 2.74. The van der Waals surface area contributed by atoms with E-state index in [0.29, 0.717) is 0 Å². The molecule has 1 rings (SSSR count). The van der Waals surface area contributed by atoms with Gasteiger partial charge in [0.1, 0.15) is 12.9 Å². The number of Topliss-reactive ketones (excluding diaryl/α,β-unsaturated/α-hetero) is 1.